The fourth-order valence-corrected chi connectivity index (χ4v) is 4.85. The van der Waals surface area contributed by atoms with Crippen LogP contribution in [0.15, 0.2) is 24.3 Å². The quantitative estimate of drug-likeness (QED) is 0.804. The number of nitrogens with one attached hydrogen (secondary N) is 1. The van der Waals surface area contributed by atoms with Crippen molar-refractivity contribution in [3.8, 4) is 11.6 Å². The van der Waals surface area contributed by atoms with E-state index in [1.165, 1.54) is 37.0 Å². The van der Waals surface area contributed by atoms with Crippen molar-refractivity contribution in [3.05, 3.63) is 34.7 Å². The zero-order valence-electron chi connectivity index (χ0n) is 12.3. The first-order valence-electron chi connectivity index (χ1n) is 7.90. The summed E-state index contributed by atoms with van der Waals surface area (Å²) in [5.41, 5.74) is 1.06. The van der Waals surface area contributed by atoms with Crippen molar-refractivity contribution in [2.45, 2.75) is 38.1 Å². The highest BCUT2D eigenvalue weighted by Crippen LogP contribution is 2.46. The molecule has 2 aromatic rings. The molecular formula is C17H20N2O2S. The van der Waals surface area contributed by atoms with Gasteiger partial charge in [0.1, 0.15) is 5.75 Å². The van der Waals surface area contributed by atoms with E-state index in [0.717, 1.165) is 27.4 Å². The van der Waals surface area contributed by atoms with Crippen molar-refractivity contribution < 1.29 is 10.2 Å². The zero-order valence-corrected chi connectivity index (χ0v) is 13.1. The fraction of sp³-hybridized carbons (Fsp3) is 0.471. The van der Waals surface area contributed by atoms with Crippen molar-refractivity contribution >= 4 is 16.5 Å². The van der Waals surface area contributed by atoms with E-state index >= 15 is 0 Å². The summed E-state index contributed by atoms with van der Waals surface area (Å²) in [6.07, 6.45) is 5.97. The first kappa shape index (κ1) is 13.9. The molecule has 2 saturated carbocycles. The van der Waals surface area contributed by atoms with Gasteiger partial charge in [-0.15, -0.1) is 0 Å². The minimum atomic E-state index is 0.128. The molecule has 3 N–H and O–H groups in total. The molecule has 2 aliphatic carbocycles. The van der Waals surface area contributed by atoms with Gasteiger partial charge in [0, 0.05) is 12.5 Å². The normalized spacial score (nSPS) is 26.5. The summed E-state index contributed by atoms with van der Waals surface area (Å²) in [6.45, 7) is 0. The predicted octanol–water partition coefficient (Wildman–Crippen LogP) is 3.75. The number of phenolic OH excluding ortho intramolecular Hbond substituents is 1. The average Bonchev–Trinajstić information content (AvgIpc) is 3.18. The van der Waals surface area contributed by atoms with E-state index in [1.807, 2.05) is 12.1 Å². The Morgan fingerprint density at radius 2 is 1.95 bits per heavy atom. The second-order valence-corrected chi connectivity index (χ2v) is 7.62. The SMILES string of the molecule is Oc1ccc(Cc2sc(NC3CC4CCC3C4)nc2O)cc1. The third-order valence-corrected chi connectivity index (χ3v) is 6.00. The predicted molar refractivity (Wildman–Crippen MR) is 87.6 cm³/mol. The summed E-state index contributed by atoms with van der Waals surface area (Å²) in [5, 5.41) is 23.8. The molecule has 2 bridgehead atoms. The van der Waals surface area contributed by atoms with Crippen LogP contribution >= 0.6 is 11.3 Å². The maximum absolute atomic E-state index is 10.1. The van der Waals surface area contributed by atoms with Gasteiger partial charge in [0.15, 0.2) is 5.13 Å². The van der Waals surface area contributed by atoms with Crippen LogP contribution in [0.4, 0.5) is 5.13 Å². The van der Waals surface area contributed by atoms with Crippen LogP contribution in [0.1, 0.15) is 36.1 Å². The Kier molecular flexibility index (Phi) is 3.45. The second kappa shape index (κ2) is 5.47. The lowest BCUT2D eigenvalue weighted by Crippen LogP contribution is -2.25. The van der Waals surface area contributed by atoms with Crippen LogP contribution in [0.2, 0.25) is 0 Å². The molecule has 0 amide bonds. The topological polar surface area (TPSA) is 65.4 Å². The van der Waals surface area contributed by atoms with Gasteiger partial charge in [-0.25, -0.2) is 0 Å². The summed E-state index contributed by atoms with van der Waals surface area (Å²) < 4.78 is 0. The standard InChI is InChI=1S/C17H20N2O2S/c20-13-5-2-10(3-6-13)9-15-16(21)19-17(22-15)18-14-8-11-1-4-12(14)7-11/h2-3,5-6,11-12,14,20-21H,1,4,7-9H2,(H,18,19). The van der Waals surface area contributed by atoms with Crippen LogP contribution < -0.4 is 5.32 Å². The number of aromatic nitrogens is 1. The van der Waals surface area contributed by atoms with E-state index < -0.39 is 0 Å². The molecule has 22 heavy (non-hydrogen) atoms. The fourth-order valence-electron chi connectivity index (χ4n) is 3.90. The summed E-state index contributed by atoms with van der Waals surface area (Å²) in [6, 6.07) is 7.62. The number of anilines is 1. The van der Waals surface area contributed by atoms with Gasteiger partial charge in [-0.1, -0.05) is 29.9 Å². The summed E-state index contributed by atoms with van der Waals surface area (Å²) >= 11 is 1.54. The van der Waals surface area contributed by atoms with Gasteiger partial charge in [0.2, 0.25) is 5.88 Å². The molecule has 5 heteroatoms. The Hall–Kier alpha value is -1.75. The Morgan fingerprint density at radius 3 is 2.64 bits per heavy atom. The van der Waals surface area contributed by atoms with Crippen molar-refractivity contribution in [2.24, 2.45) is 11.8 Å². The van der Waals surface area contributed by atoms with Gasteiger partial charge in [-0.05, 0) is 48.8 Å². The van der Waals surface area contributed by atoms with E-state index in [-0.39, 0.29) is 11.6 Å². The molecule has 3 atom stereocenters. The number of nitrogens with zero attached hydrogens (tertiary/aromatic N) is 1. The molecule has 2 aliphatic rings. The first-order chi connectivity index (χ1) is 10.7. The molecule has 1 heterocycles. The molecule has 0 radical (unpaired) electrons. The molecule has 1 aromatic heterocycles. The summed E-state index contributed by atoms with van der Waals surface area (Å²) in [5.74, 6) is 2.07. The summed E-state index contributed by atoms with van der Waals surface area (Å²) in [4.78, 5) is 5.16. The zero-order chi connectivity index (χ0) is 15.1. The largest absolute Gasteiger partial charge is 0.508 e. The number of rotatable bonds is 4. The van der Waals surface area contributed by atoms with Crippen LogP contribution in [0.25, 0.3) is 0 Å². The Morgan fingerprint density at radius 1 is 1.14 bits per heavy atom. The highest BCUT2D eigenvalue weighted by Gasteiger charge is 2.39. The second-order valence-electron chi connectivity index (χ2n) is 6.53. The van der Waals surface area contributed by atoms with Crippen LogP contribution in [-0.2, 0) is 6.42 Å². The van der Waals surface area contributed by atoms with Gasteiger partial charge in [0.05, 0.1) is 4.88 Å². The number of benzene rings is 1. The van der Waals surface area contributed by atoms with Crippen molar-refractivity contribution in [3.63, 3.8) is 0 Å². The monoisotopic (exact) mass is 316 g/mol. The minimum absolute atomic E-state index is 0.128. The third-order valence-electron chi connectivity index (χ3n) is 5.02. The minimum Gasteiger partial charge on any atom is -0.508 e. The molecule has 0 saturated heterocycles. The van der Waals surface area contributed by atoms with Gasteiger partial charge in [-0.3, -0.25) is 0 Å². The lowest BCUT2D eigenvalue weighted by atomic mass is 9.96. The van der Waals surface area contributed by atoms with Crippen molar-refractivity contribution in [1.29, 1.82) is 0 Å². The van der Waals surface area contributed by atoms with Gasteiger partial charge in [0.25, 0.3) is 0 Å². The Labute approximate surface area is 133 Å². The van der Waals surface area contributed by atoms with E-state index in [4.69, 9.17) is 0 Å². The molecule has 4 rings (SSSR count). The number of aromatic hydroxyl groups is 2. The molecule has 4 nitrogen and oxygen atoms in total. The average molecular weight is 316 g/mol. The molecule has 2 fully saturated rings. The lowest BCUT2D eigenvalue weighted by molar-refractivity contribution is 0.436. The highest BCUT2D eigenvalue weighted by atomic mass is 32.1. The molecular weight excluding hydrogens is 296 g/mol. The summed E-state index contributed by atoms with van der Waals surface area (Å²) in [7, 11) is 0. The number of hydrogen-bond acceptors (Lipinski definition) is 5. The van der Waals surface area contributed by atoms with E-state index in [9.17, 15) is 10.2 Å². The van der Waals surface area contributed by atoms with Gasteiger partial charge >= 0.3 is 0 Å². The smallest absolute Gasteiger partial charge is 0.227 e. The number of phenols is 1. The Balaban J connectivity index is 1.46. The van der Waals surface area contributed by atoms with E-state index in [1.54, 1.807) is 12.1 Å². The molecule has 116 valence electrons. The highest BCUT2D eigenvalue weighted by molar-refractivity contribution is 7.15. The first-order valence-corrected chi connectivity index (χ1v) is 8.72. The van der Waals surface area contributed by atoms with Crippen LogP contribution in [0.3, 0.4) is 0 Å². The number of fused-ring (bicyclic) bond motifs is 2. The van der Waals surface area contributed by atoms with Crippen molar-refractivity contribution in [1.82, 2.24) is 4.98 Å². The molecule has 3 unspecified atom stereocenters. The third kappa shape index (κ3) is 2.65. The van der Waals surface area contributed by atoms with Crippen molar-refractivity contribution in [2.75, 3.05) is 5.32 Å². The molecule has 1 aromatic carbocycles. The van der Waals surface area contributed by atoms with Gasteiger partial charge in [-0.2, -0.15) is 4.98 Å². The van der Waals surface area contributed by atoms with Crippen LogP contribution in [0.5, 0.6) is 11.6 Å². The number of thiazole rings is 1. The Bertz CT molecular complexity index is 668. The van der Waals surface area contributed by atoms with Gasteiger partial charge < -0.3 is 15.5 Å². The van der Waals surface area contributed by atoms with Crippen LogP contribution in [0, 0.1) is 11.8 Å². The maximum Gasteiger partial charge on any atom is 0.227 e. The molecule has 0 spiro atoms. The number of hydrogen-bond donors (Lipinski definition) is 3. The van der Waals surface area contributed by atoms with E-state index in [0.29, 0.717) is 12.5 Å². The van der Waals surface area contributed by atoms with E-state index in [2.05, 4.69) is 10.3 Å². The molecule has 0 aliphatic heterocycles. The lowest BCUT2D eigenvalue weighted by Gasteiger charge is -2.22. The maximum atomic E-state index is 10.1. The van der Waals surface area contributed by atoms with Crippen LogP contribution in [-0.4, -0.2) is 21.2 Å².